The fourth-order valence-corrected chi connectivity index (χ4v) is 2.09. The number of nitrogens with one attached hydrogen (secondary N) is 1. The molecule has 110 valence electrons. The first-order valence-electron chi connectivity index (χ1n) is 7.03. The van der Waals surface area contributed by atoms with Crippen LogP contribution >= 0.6 is 0 Å². The molecule has 1 amide bonds. The van der Waals surface area contributed by atoms with Gasteiger partial charge in [0.15, 0.2) is 0 Å². The van der Waals surface area contributed by atoms with Gasteiger partial charge in [-0.25, -0.2) is 0 Å². The Labute approximate surface area is 120 Å². The summed E-state index contributed by atoms with van der Waals surface area (Å²) in [4.78, 5) is 22.0. The van der Waals surface area contributed by atoms with E-state index in [0.717, 1.165) is 6.42 Å². The minimum atomic E-state index is -0.786. The smallest absolute Gasteiger partial charge is 0.303 e. The van der Waals surface area contributed by atoms with Gasteiger partial charge in [-0.15, -0.1) is 0 Å². The Morgan fingerprint density at radius 2 is 1.90 bits per heavy atom. The first-order valence-corrected chi connectivity index (χ1v) is 7.03. The normalized spacial score (nSPS) is 10.3. The van der Waals surface area contributed by atoms with E-state index in [1.54, 1.807) is 0 Å². The van der Waals surface area contributed by atoms with Crippen molar-refractivity contribution in [3.63, 3.8) is 0 Å². The van der Waals surface area contributed by atoms with E-state index in [0.29, 0.717) is 25.8 Å². The zero-order valence-corrected chi connectivity index (χ0v) is 12.2. The number of carboxylic acids is 1. The average molecular weight is 277 g/mol. The number of hydrogen-bond acceptors (Lipinski definition) is 2. The molecule has 0 aliphatic heterocycles. The molecule has 0 bridgehead atoms. The van der Waals surface area contributed by atoms with Crippen molar-refractivity contribution in [2.24, 2.45) is 0 Å². The number of aryl methyl sites for hydroxylation is 3. The molecule has 0 fully saturated rings. The van der Waals surface area contributed by atoms with Gasteiger partial charge < -0.3 is 10.4 Å². The van der Waals surface area contributed by atoms with Crippen molar-refractivity contribution in [3.8, 4) is 0 Å². The van der Waals surface area contributed by atoms with Crippen molar-refractivity contribution in [1.29, 1.82) is 0 Å². The minimum absolute atomic E-state index is 0.0281. The lowest BCUT2D eigenvalue weighted by Gasteiger charge is -2.07. The van der Waals surface area contributed by atoms with Crippen LogP contribution in [-0.4, -0.2) is 23.5 Å². The summed E-state index contributed by atoms with van der Waals surface area (Å²) in [6, 6.07) is 6.26. The molecule has 1 aromatic rings. The Morgan fingerprint density at radius 1 is 1.15 bits per heavy atom. The summed E-state index contributed by atoms with van der Waals surface area (Å²) in [5.74, 6) is -0.758. The summed E-state index contributed by atoms with van der Waals surface area (Å²) in [6.07, 6.45) is 2.70. The molecule has 0 atom stereocenters. The van der Waals surface area contributed by atoms with E-state index in [2.05, 4.69) is 37.4 Å². The highest BCUT2D eigenvalue weighted by molar-refractivity contribution is 5.76. The second kappa shape index (κ2) is 8.35. The number of carbonyl (C=O) groups is 2. The van der Waals surface area contributed by atoms with Crippen LogP contribution in [0.3, 0.4) is 0 Å². The molecule has 0 aromatic heterocycles. The predicted molar refractivity (Wildman–Crippen MR) is 78.7 cm³/mol. The molecule has 0 aliphatic carbocycles. The maximum Gasteiger partial charge on any atom is 0.303 e. The lowest BCUT2D eigenvalue weighted by molar-refractivity contribution is -0.137. The number of amides is 1. The van der Waals surface area contributed by atoms with Gasteiger partial charge in [0, 0.05) is 19.4 Å². The molecular weight excluding hydrogens is 254 g/mol. The Hall–Kier alpha value is -1.84. The molecule has 0 aliphatic rings. The fraction of sp³-hybridized carbons (Fsp3) is 0.500. The van der Waals surface area contributed by atoms with Gasteiger partial charge in [0.25, 0.3) is 0 Å². The van der Waals surface area contributed by atoms with E-state index in [1.165, 1.54) is 16.7 Å². The number of hydrogen-bond donors (Lipinski definition) is 2. The Kier molecular flexibility index (Phi) is 6.77. The minimum Gasteiger partial charge on any atom is -0.481 e. The molecule has 0 radical (unpaired) electrons. The first-order chi connectivity index (χ1) is 9.49. The summed E-state index contributed by atoms with van der Waals surface area (Å²) in [5, 5.41) is 11.3. The molecule has 0 unspecified atom stereocenters. The van der Waals surface area contributed by atoms with Crippen LogP contribution in [0.5, 0.6) is 0 Å². The Balaban J connectivity index is 2.21. The standard InChI is InChI=1S/C16H23NO3/c1-12-6-7-14(13(2)11-12)8-9-15(18)17-10-4-3-5-16(19)20/h6-7,11H,3-5,8-10H2,1-2H3,(H,17,18)(H,19,20). The highest BCUT2D eigenvalue weighted by Crippen LogP contribution is 2.12. The highest BCUT2D eigenvalue weighted by Gasteiger charge is 2.04. The number of benzene rings is 1. The molecule has 1 rings (SSSR count). The van der Waals surface area contributed by atoms with Crippen LogP contribution in [0, 0.1) is 13.8 Å². The summed E-state index contributed by atoms with van der Waals surface area (Å²) in [6.45, 7) is 4.67. The molecule has 20 heavy (non-hydrogen) atoms. The zero-order chi connectivity index (χ0) is 15.0. The van der Waals surface area contributed by atoms with E-state index in [-0.39, 0.29) is 12.3 Å². The summed E-state index contributed by atoms with van der Waals surface area (Å²) in [7, 11) is 0. The van der Waals surface area contributed by atoms with Crippen LogP contribution in [0.25, 0.3) is 0 Å². The van der Waals surface area contributed by atoms with Crippen LogP contribution in [-0.2, 0) is 16.0 Å². The second-order valence-corrected chi connectivity index (χ2v) is 5.13. The molecular formula is C16H23NO3. The van der Waals surface area contributed by atoms with E-state index in [1.807, 2.05) is 0 Å². The SMILES string of the molecule is Cc1ccc(CCC(=O)NCCCCC(=O)O)c(C)c1. The quantitative estimate of drug-likeness (QED) is 0.718. The van der Waals surface area contributed by atoms with Crippen LogP contribution in [0.2, 0.25) is 0 Å². The van der Waals surface area contributed by atoms with E-state index in [4.69, 9.17) is 5.11 Å². The zero-order valence-electron chi connectivity index (χ0n) is 12.2. The molecule has 4 heteroatoms. The maximum absolute atomic E-state index is 11.7. The summed E-state index contributed by atoms with van der Waals surface area (Å²) >= 11 is 0. The Bertz CT molecular complexity index is 469. The summed E-state index contributed by atoms with van der Waals surface area (Å²) < 4.78 is 0. The van der Waals surface area contributed by atoms with Crippen LogP contribution < -0.4 is 5.32 Å². The molecule has 0 spiro atoms. The van der Waals surface area contributed by atoms with Gasteiger partial charge in [0.1, 0.15) is 0 Å². The summed E-state index contributed by atoms with van der Waals surface area (Å²) in [5.41, 5.74) is 3.66. The largest absolute Gasteiger partial charge is 0.481 e. The van der Waals surface area contributed by atoms with Crippen molar-refractivity contribution in [1.82, 2.24) is 5.32 Å². The van der Waals surface area contributed by atoms with Crippen LogP contribution in [0.4, 0.5) is 0 Å². The lowest BCUT2D eigenvalue weighted by Crippen LogP contribution is -2.24. The average Bonchev–Trinajstić information content (AvgIpc) is 2.37. The third-order valence-electron chi connectivity index (χ3n) is 3.26. The number of rotatable bonds is 8. The number of aliphatic carboxylic acids is 1. The van der Waals surface area contributed by atoms with Crippen molar-refractivity contribution in [3.05, 3.63) is 34.9 Å². The third-order valence-corrected chi connectivity index (χ3v) is 3.26. The maximum atomic E-state index is 11.7. The number of unbranched alkanes of at least 4 members (excludes halogenated alkanes) is 1. The van der Waals surface area contributed by atoms with E-state index < -0.39 is 5.97 Å². The molecule has 4 nitrogen and oxygen atoms in total. The molecule has 0 saturated heterocycles. The fourth-order valence-electron chi connectivity index (χ4n) is 2.09. The van der Waals surface area contributed by atoms with Crippen molar-refractivity contribution >= 4 is 11.9 Å². The van der Waals surface area contributed by atoms with Crippen LogP contribution in [0.1, 0.15) is 42.4 Å². The van der Waals surface area contributed by atoms with Crippen LogP contribution in [0.15, 0.2) is 18.2 Å². The topological polar surface area (TPSA) is 66.4 Å². The third kappa shape index (κ3) is 6.36. The lowest BCUT2D eigenvalue weighted by atomic mass is 10.0. The molecule has 0 saturated carbocycles. The van der Waals surface area contributed by atoms with E-state index in [9.17, 15) is 9.59 Å². The monoisotopic (exact) mass is 277 g/mol. The number of carbonyl (C=O) groups excluding carboxylic acids is 1. The van der Waals surface area contributed by atoms with E-state index >= 15 is 0 Å². The van der Waals surface area contributed by atoms with Gasteiger partial charge in [-0.2, -0.15) is 0 Å². The van der Waals surface area contributed by atoms with Crippen molar-refractivity contribution in [2.45, 2.75) is 46.0 Å². The van der Waals surface area contributed by atoms with Gasteiger partial charge in [-0.3, -0.25) is 9.59 Å². The molecule has 2 N–H and O–H groups in total. The predicted octanol–water partition coefficient (Wildman–Crippen LogP) is 2.61. The highest BCUT2D eigenvalue weighted by atomic mass is 16.4. The molecule has 1 aromatic carbocycles. The van der Waals surface area contributed by atoms with Crippen molar-refractivity contribution < 1.29 is 14.7 Å². The second-order valence-electron chi connectivity index (χ2n) is 5.13. The van der Waals surface area contributed by atoms with Gasteiger partial charge in [0.05, 0.1) is 0 Å². The Morgan fingerprint density at radius 3 is 2.55 bits per heavy atom. The number of carboxylic acid groups (broad SMARTS) is 1. The van der Waals surface area contributed by atoms with Gasteiger partial charge in [0.2, 0.25) is 5.91 Å². The molecule has 0 heterocycles. The van der Waals surface area contributed by atoms with Gasteiger partial charge in [-0.05, 0) is 44.2 Å². The van der Waals surface area contributed by atoms with Gasteiger partial charge in [-0.1, -0.05) is 23.8 Å². The van der Waals surface area contributed by atoms with Crippen molar-refractivity contribution in [2.75, 3.05) is 6.54 Å². The first kappa shape index (κ1) is 16.2. The van der Waals surface area contributed by atoms with Gasteiger partial charge >= 0.3 is 5.97 Å².